The molecule has 1 aromatic rings. The fraction of sp³-hybridized carbons (Fsp3) is 0.588. The third kappa shape index (κ3) is 3.48. The van der Waals surface area contributed by atoms with Crippen molar-refractivity contribution in [3.63, 3.8) is 0 Å². The molecule has 2 aliphatic heterocycles. The number of nitrogens with zero attached hydrogens (tertiary/aromatic N) is 1. The van der Waals surface area contributed by atoms with E-state index in [4.69, 9.17) is 4.74 Å². The molecule has 2 saturated heterocycles. The summed E-state index contributed by atoms with van der Waals surface area (Å²) in [7, 11) is 0. The third-order valence-corrected chi connectivity index (χ3v) is 4.73. The molecular formula is C17H23FN2O3. The lowest BCUT2D eigenvalue weighted by molar-refractivity contribution is -0.0683. The van der Waals surface area contributed by atoms with Crippen LogP contribution in [-0.2, 0) is 4.74 Å². The zero-order valence-electron chi connectivity index (χ0n) is 13.5. The topological polar surface area (TPSA) is 61.8 Å². The Balaban J connectivity index is 1.62. The molecule has 3 rings (SSSR count). The zero-order valence-corrected chi connectivity index (χ0v) is 13.5. The summed E-state index contributed by atoms with van der Waals surface area (Å²) in [6, 6.07) is 3.69. The number of aromatic hydroxyl groups is 1. The molecule has 0 radical (unpaired) electrons. The van der Waals surface area contributed by atoms with E-state index in [1.54, 1.807) is 0 Å². The van der Waals surface area contributed by atoms with E-state index in [0.29, 0.717) is 18.6 Å². The van der Waals surface area contributed by atoms with Crippen LogP contribution in [0.3, 0.4) is 0 Å². The van der Waals surface area contributed by atoms with Gasteiger partial charge in [0.15, 0.2) is 0 Å². The Kier molecular flexibility index (Phi) is 4.55. The second kappa shape index (κ2) is 6.45. The zero-order chi connectivity index (χ0) is 16.6. The fourth-order valence-electron chi connectivity index (χ4n) is 3.36. The van der Waals surface area contributed by atoms with Crippen LogP contribution in [0.1, 0.15) is 30.6 Å². The van der Waals surface area contributed by atoms with Gasteiger partial charge in [-0.25, -0.2) is 4.39 Å². The van der Waals surface area contributed by atoms with Crippen LogP contribution in [0, 0.1) is 11.7 Å². The summed E-state index contributed by atoms with van der Waals surface area (Å²) in [6.45, 7) is 6.61. The van der Waals surface area contributed by atoms with Gasteiger partial charge >= 0.3 is 0 Å². The highest BCUT2D eigenvalue weighted by atomic mass is 19.1. The number of rotatable bonds is 3. The van der Waals surface area contributed by atoms with E-state index in [9.17, 15) is 14.3 Å². The predicted octanol–water partition coefficient (Wildman–Crippen LogP) is 1.76. The highest BCUT2D eigenvalue weighted by Gasteiger charge is 2.38. The van der Waals surface area contributed by atoms with E-state index in [1.165, 1.54) is 6.07 Å². The van der Waals surface area contributed by atoms with Gasteiger partial charge in [0.05, 0.1) is 18.3 Å². The van der Waals surface area contributed by atoms with Crippen LogP contribution in [0.5, 0.6) is 5.75 Å². The number of phenols is 1. The number of benzene rings is 1. The number of carbonyl (C=O) groups is 1. The van der Waals surface area contributed by atoms with E-state index < -0.39 is 11.7 Å². The molecule has 23 heavy (non-hydrogen) atoms. The van der Waals surface area contributed by atoms with Gasteiger partial charge in [0.25, 0.3) is 5.91 Å². The Morgan fingerprint density at radius 3 is 2.96 bits per heavy atom. The average molecular weight is 322 g/mol. The lowest BCUT2D eigenvalue weighted by Crippen LogP contribution is -2.48. The Morgan fingerprint density at radius 2 is 2.22 bits per heavy atom. The minimum Gasteiger partial charge on any atom is -0.507 e. The summed E-state index contributed by atoms with van der Waals surface area (Å²) in [6.07, 6.45) is 1.04. The quantitative estimate of drug-likeness (QED) is 0.890. The van der Waals surface area contributed by atoms with Gasteiger partial charge in [-0.2, -0.15) is 0 Å². The van der Waals surface area contributed by atoms with Gasteiger partial charge in [-0.15, -0.1) is 0 Å². The summed E-state index contributed by atoms with van der Waals surface area (Å²) >= 11 is 0. The van der Waals surface area contributed by atoms with Crippen LogP contribution in [0.4, 0.5) is 4.39 Å². The summed E-state index contributed by atoms with van der Waals surface area (Å²) in [5, 5.41) is 12.6. The molecule has 0 unspecified atom stereocenters. The molecule has 2 heterocycles. The molecule has 0 bridgehead atoms. The van der Waals surface area contributed by atoms with Gasteiger partial charge in [0, 0.05) is 25.2 Å². The molecule has 126 valence electrons. The first-order valence-corrected chi connectivity index (χ1v) is 8.09. The van der Waals surface area contributed by atoms with Gasteiger partial charge in [-0.1, -0.05) is 13.8 Å². The van der Waals surface area contributed by atoms with E-state index in [-0.39, 0.29) is 23.5 Å². The number of carbonyl (C=O) groups excluding carboxylic acids is 1. The Hall–Kier alpha value is -1.66. The first kappa shape index (κ1) is 16.2. The first-order valence-electron chi connectivity index (χ1n) is 8.09. The maximum absolute atomic E-state index is 13.3. The van der Waals surface area contributed by atoms with Crippen molar-refractivity contribution in [1.29, 1.82) is 0 Å². The van der Waals surface area contributed by atoms with Crippen LogP contribution < -0.4 is 5.32 Å². The van der Waals surface area contributed by atoms with E-state index >= 15 is 0 Å². The Bertz CT molecular complexity index is 593. The van der Waals surface area contributed by atoms with Crippen molar-refractivity contribution in [2.45, 2.75) is 38.5 Å². The molecule has 3 atom stereocenters. The van der Waals surface area contributed by atoms with Crippen LogP contribution in [-0.4, -0.2) is 53.8 Å². The highest BCUT2D eigenvalue weighted by molar-refractivity contribution is 5.97. The van der Waals surface area contributed by atoms with Crippen molar-refractivity contribution < 1.29 is 19.0 Å². The maximum Gasteiger partial charge on any atom is 0.255 e. The number of halogens is 1. The second-order valence-corrected chi connectivity index (χ2v) is 6.79. The van der Waals surface area contributed by atoms with E-state index in [2.05, 4.69) is 24.1 Å². The normalized spacial score (nSPS) is 27.9. The molecule has 6 heteroatoms. The monoisotopic (exact) mass is 322 g/mol. The molecule has 1 aromatic carbocycles. The lowest BCUT2D eigenvalue weighted by Gasteiger charge is -2.36. The molecule has 2 N–H and O–H groups in total. The largest absolute Gasteiger partial charge is 0.507 e. The van der Waals surface area contributed by atoms with Gasteiger partial charge in [0.2, 0.25) is 0 Å². The van der Waals surface area contributed by atoms with E-state index in [0.717, 1.165) is 31.6 Å². The lowest BCUT2D eigenvalue weighted by atomic mass is 10.0. The molecular weight excluding hydrogens is 299 g/mol. The number of nitrogens with one attached hydrogen (secondary N) is 1. The van der Waals surface area contributed by atoms with Gasteiger partial charge in [-0.05, 0) is 30.5 Å². The van der Waals surface area contributed by atoms with Crippen LogP contribution in [0.15, 0.2) is 18.2 Å². The van der Waals surface area contributed by atoms with Gasteiger partial charge in [-0.3, -0.25) is 9.69 Å². The minimum absolute atomic E-state index is 0.00956. The minimum atomic E-state index is -0.537. The second-order valence-electron chi connectivity index (χ2n) is 6.79. The first-order chi connectivity index (χ1) is 10.9. The number of amides is 1. The number of hydrogen-bond donors (Lipinski definition) is 2. The van der Waals surface area contributed by atoms with Crippen LogP contribution in [0.25, 0.3) is 0 Å². The van der Waals surface area contributed by atoms with Gasteiger partial charge < -0.3 is 15.2 Å². The molecule has 2 fully saturated rings. The summed E-state index contributed by atoms with van der Waals surface area (Å²) < 4.78 is 19.1. The molecule has 1 amide bonds. The smallest absolute Gasteiger partial charge is 0.255 e. The maximum atomic E-state index is 13.3. The van der Waals surface area contributed by atoms with Crippen molar-refractivity contribution in [3.05, 3.63) is 29.6 Å². The van der Waals surface area contributed by atoms with Crippen molar-refractivity contribution in [3.8, 4) is 5.75 Å². The molecule has 0 saturated carbocycles. The summed E-state index contributed by atoms with van der Waals surface area (Å²) in [5.74, 6) is -0.713. The molecule has 0 aliphatic carbocycles. The fourth-order valence-corrected chi connectivity index (χ4v) is 3.36. The van der Waals surface area contributed by atoms with Crippen molar-refractivity contribution >= 4 is 5.91 Å². The summed E-state index contributed by atoms with van der Waals surface area (Å²) in [5.41, 5.74) is -0.0221. The predicted molar refractivity (Wildman–Crippen MR) is 83.9 cm³/mol. The van der Waals surface area contributed by atoms with Crippen molar-refractivity contribution in [2.24, 2.45) is 5.92 Å². The van der Waals surface area contributed by atoms with E-state index in [1.807, 2.05) is 0 Å². The van der Waals surface area contributed by atoms with Crippen LogP contribution in [0.2, 0.25) is 0 Å². The highest BCUT2D eigenvalue weighted by Crippen LogP contribution is 2.26. The standard InChI is InChI=1S/C17H23FN2O3/c1-10(2)16-8-20-7-12(6-13(20)9-23-16)19-17(22)14-5-11(18)3-4-15(14)21/h3-5,10,12-13,16,21H,6-9H2,1-2H3,(H,19,22)/t12-,13+,16-/m1/s1. The third-order valence-electron chi connectivity index (χ3n) is 4.73. The molecule has 0 spiro atoms. The number of fused-ring (bicyclic) bond motifs is 1. The number of ether oxygens (including phenoxy) is 1. The SMILES string of the molecule is CC(C)[C@H]1CN2C[C@H](NC(=O)c3cc(F)ccc3O)C[C@H]2CO1. The van der Waals surface area contributed by atoms with Gasteiger partial charge in [0.1, 0.15) is 11.6 Å². The number of hydrogen-bond acceptors (Lipinski definition) is 4. The Labute approximate surface area is 135 Å². The molecule has 2 aliphatic rings. The number of morpholine rings is 1. The molecule has 0 aromatic heterocycles. The Morgan fingerprint density at radius 1 is 1.43 bits per heavy atom. The molecule has 5 nitrogen and oxygen atoms in total. The van der Waals surface area contributed by atoms with Crippen LogP contribution >= 0.6 is 0 Å². The summed E-state index contributed by atoms with van der Waals surface area (Å²) in [4.78, 5) is 14.6. The average Bonchev–Trinajstić information content (AvgIpc) is 2.90. The number of phenolic OH excluding ortho intramolecular Hbond substituents is 1. The van der Waals surface area contributed by atoms with Crippen molar-refractivity contribution in [2.75, 3.05) is 19.7 Å². The van der Waals surface area contributed by atoms with Crippen molar-refractivity contribution in [1.82, 2.24) is 10.2 Å².